The molecule has 2 aromatic rings. The molecule has 2 N–H and O–H groups in total. The molecule has 24 heavy (non-hydrogen) atoms. The number of carbonyl (C=O) groups excluding carboxylic acids is 1. The lowest BCUT2D eigenvalue weighted by molar-refractivity contribution is -0.692. The van der Waals surface area contributed by atoms with Crippen LogP contribution in [0.1, 0.15) is 41.4 Å². The topological polar surface area (TPSA) is 53.2 Å². The number of pyridine rings is 1. The molecule has 1 atom stereocenters. The molecule has 1 aromatic heterocycles. The van der Waals surface area contributed by atoms with Crippen LogP contribution in [0.5, 0.6) is 0 Å². The average molecular weight is 343 g/mol. The van der Waals surface area contributed by atoms with Gasteiger partial charge in [-0.3, -0.25) is 4.79 Å². The lowest BCUT2D eigenvalue weighted by Gasteiger charge is -2.14. The van der Waals surface area contributed by atoms with Crippen LogP contribution in [0, 0.1) is 0 Å². The summed E-state index contributed by atoms with van der Waals surface area (Å²) in [6, 6.07) is 10.6. The summed E-state index contributed by atoms with van der Waals surface area (Å²) >= 11 is 5.45. The van der Waals surface area contributed by atoms with Crippen LogP contribution >= 0.6 is 12.2 Å². The van der Waals surface area contributed by atoms with Crippen molar-refractivity contribution in [2.24, 2.45) is 0 Å². The van der Waals surface area contributed by atoms with E-state index in [1.54, 1.807) is 23.0 Å². The Balaban J connectivity index is 2.40. The molecule has 4 nitrogen and oxygen atoms in total. The minimum Gasteiger partial charge on any atom is -0.391 e. The third kappa shape index (κ3) is 4.24. The van der Waals surface area contributed by atoms with Crippen molar-refractivity contribution in [2.45, 2.75) is 32.9 Å². The first-order chi connectivity index (χ1) is 11.6. The Hall–Kier alpha value is -2.11. The maximum Gasteiger partial charge on any atom is 0.270 e. The summed E-state index contributed by atoms with van der Waals surface area (Å²) in [5.41, 5.74) is 2.54. The molecule has 5 heteroatoms. The van der Waals surface area contributed by atoms with Crippen molar-refractivity contribution < 1.29 is 14.5 Å². The van der Waals surface area contributed by atoms with Gasteiger partial charge in [-0.05, 0) is 25.0 Å². The summed E-state index contributed by atoms with van der Waals surface area (Å²) in [5, 5.41) is 12.4. The van der Waals surface area contributed by atoms with Crippen molar-refractivity contribution in [3.63, 3.8) is 0 Å². The Labute approximate surface area is 148 Å². The van der Waals surface area contributed by atoms with Crippen molar-refractivity contribution >= 4 is 23.0 Å². The van der Waals surface area contributed by atoms with Crippen LogP contribution in [-0.4, -0.2) is 22.4 Å². The molecule has 1 heterocycles. The molecule has 0 aliphatic rings. The first kappa shape index (κ1) is 18.2. The zero-order valence-electron chi connectivity index (χ0n) is 14.0. The van der Waals surface area contributed by atoms with Crippen LogP contribution in [0.25, 0.3) is 0 Å². The van der Waals surface area contributed by atoms with Gasteiger partial charge in [0.05, 0.1) is 6.61 Å². The van der Waals surface area contributed by atoms with Gasteiger partial charge in [0.2, 0.25) is 5.78 Å². The molecular formula is C19H23N2O2S+. The molecule has 0 fully saturated rings. The van der Waals surface area contributed by atoms with E-state index in [1.165, 1.54) is 5.56 Å². The number of hydrogen-bond acceptors (Lipinski definition) is 3. The summed E-state index contributed by atoms with van der Waals surface area (Å²) in [7, 11) is 0. The predicted molar refractivity (Wildman–Crippen MR) is 98.0 cm³/mol. The molecule has 126 valence electrons. The van der Waals surface area contributed by atoms with Gasteiger partial charge in [-0.25, -0.2) is 0 Å². The van der Waals surface area contributed by atoms with Crippen LogP contribution in [0.3, 0.4) is 0 Å². The number of likely N-dealkylation sites (N-methyl/N-ethyl adjacent to an activating group) is 1. The lowest BCUT2D eigenvalue weighted by atomic mass is 10.0. The van der Waals surface area contributed by atoms with E-state index in [0.29, 0.717) is 17.1 Å². The molecule has 0 unspecified atom stereocenters. The van der Waals surface area contributed by atoms with Gasteiger partial charge in [0.25, 0.3) is 6.04 Å². The number of thiocarbonyl (C=S) groups is 1. The zero-order chi connectivity index (χ0) is 17.5. The zero-order valence-corrected chi connectivity index (χ0v) is 14.8. The Kier molecular flexibility index (Phi) is 6.58. The number of aromatic nitrogens is 1. The first-order valence-corrected chi connectivity index (χ1v) is 8.52. The van der Waals surface area contributed by atoms with Crippen LogP contribution in [0.4, 0.5) is 0 Å². The van der Waals surface area contributed by atoms with Crippen LogP contribution in [0.15, 0.2) is 48.8 Å². The minimum atomic E-state index is -0.626. The van der Waals surface area contributed by atoms with Crippen LogP contribution < -0.4 is 9.88 Å². The Morgan fingerprint density at radius 2 is 1.92 bits per heavy atom. The highest BCUT2D eigenvalue weighted by atomic mass is 32.1. The van der Waals surface area contributed by atoms with Gasteiger partial charge in [0.1, 0.15) is 0 Å². The van der Waals surface area contributed by atoms with Crippen molar-refractivity contribution in [3.8, 4) is 0 Å². The second kappa shape index (κ2) is 8.66. The highest BCUT2D eigenvalue weighted by Gasteiger charge is 2.33. The fourth-order valence-electron chi connectivity index (χ4n) is 2.52. The fraction of sp³-hybridized carbons (Fsp3) is 0.316. The van der Waals surface area contributed by atoms with Gasteiger partial charge in [-0.15, -0.1) is 0 Å². The van der Waals surface area contributed by atoms with Crippen LogP contribution in [-0.2, 0) is 13.0 Å². The van der Waals surface area contributed by atoms with E-state index < -0.39 is 6.04 Å². The molecule has 0 saturated carbocycles. The molecule has 0 spiro atoms. The van der Waals surface area contributed by atoms with Crippen molar-refractivity contribution in [1.82, 2.24) is 5.32 Å². The Bertz CT molecular complexity index is 714. The monoisotopic (exact) mass is 343 g/mol. The normalized spacial score (nSPS) is 11.8. The van der Waals surface area contributed by atoms with E-state index in [-0.39, 0.29) is 12.4 Å². The number of carbonyl (C=O) groups is 1. The smallest absolute Gasteiger partial charge is 0.270 e. The van der Waals surface area contributed by atoms with Crippen molar-refractivity contribution in [1.29, 1.82) is 0 Å². The molecule has 0 aliphatic heterocycles. The number of ketones is 1. The van der Waals surface area contributed by atoms with E-state index in [1.807, 2.05) is 37.3 Å². The van der Waals surface area contributed by atoms with E-state index in [0.717, 1.165) is 12.0 Å². The van der Waals surface area contributed by atoms with Gasteiger partial charge < -0.3 is 10.4 Å². The SMILES string of the molecule is CCNC(=S)[C@H](C(=O)c1ccc(CC)cc1)[n+]1cccc(CO)c1. The van der Waals surface area contributed by atoms with Gasteiger partial charge in [0, 0.05) is 23.7 Å². The highest BCUT2D eigenvalue weighted by Crippen LogP contribution is 2.13. The van der Waals surface area contributed by atoms with Gasteiger partial charge in [0.15, 0.2) is 17.4 Å². The minimum absolute atomic E-state index is 0.0660. The number of aryl methyl sites for hydroxylation is 1. The number of nitrogens with one attached hydrogen (secondary N) is 1. The predicted octanol–water partition coefficient (Wildman–Crippen LogP) is 2.39. The summed E-state index contributed by atoms with van der Waals surface area (Å²) in [6.45, 7) is 4.59. The first-order valence-electron chi connectivity index (χ1n) is 8.12. The van der Waals surface area contributed by atoms with Crippen LogP contribution in [0.2, 0.25) is 0 Å². The van der Waals surface area contributed by atoms with Crippen molar-refractivity contribution in [3.05, 3.63) is 65.5 Å². The maximum absolute atomic E-state index is 13.1. The standard InChI is InChI=1S/C19H22N2O2S/c1-3-14-7-9-16(10-8-14)18(23)17(19(24)20-4-2)21-11-5-6-15(12-21)13-22/h5-12,17,22H,3-4,13H2,1-2H3/p+1/t17-/m0/s1. The highest BCUT2D eigenvalue weighted by molar-refractivity contribution is 7.80. The Morgan fingerprint density at radius 1 is 1.21 bits per heavy atom. The molecule has 0 aliphatic carbocycles. The Morgan fingerprint density at radius 3 is 2.50 bits per heavy atom. The lowest BCUT2D eigenvalue weighted by Crippen LogP contribution is -2.51. The second-order valence-electron chi connectivity index (χ2n) is 5.53. The third-order valence-electron chi connectivity index (χ3n) is 3.86. The van der Waals surface area contributed by atoms with Crippen molar-refractivity contribution in [2.75, 3.05) is 6.54 Å². The molecule has 0 saturated heterocycles. The number of aliphatic hydroxyl groups excluding tert-OH is 1. The number of Topliss-reactive ketones (excluding diaryl/α,β-unsaturated/α-hetero) is 1. The quantitative estimate of drug-likeness (QED) is 0.460. The summed E-state index contributed by atoms with van der Waals surface area (Å²) in [4.78, 5) is 13.5. The number of nitrogens with zero attached hydrogens (tertiary/aromatic N) is 1. The van der Waals surface area contributed by atoms with E-state index in [4.69, 9.17) is 12.2 Å². The van der Waals surface area contributed by atoms with Gasteiger partial charge in [-0.1, -0.05) is 43.4 Å². The summed E-state index contributed by atoms with van der Waals surface area (Å²) in [6.07, 6.45) is 4.49. The molecular weight excluding hydrogens is 320 g/mol. The summed E-state index contributed by atoms with van der Waals surface area (Å²) < 4.78 is 1.76. The molecule has 0 amide bonds. The number of aliphatic hydroxyl groups is 1. The van der Waals surface area contributed by atoms with E-state index >= 15 is 0 Å². The fourth-order valence-corrected chi connectivity index (χ4v) is 2.89. The largest absolute Gasteiger partial charge is 0.391 e. The van der Waals surface area contributed by atoms with E-state index in [9.17, 15) is 9.90 Å². The molecule has 2 rings (SSSR count). The average Bonchev–Trinajstić information content (AvgIpc) is 2.62. The molecule has 0 radical (unpaired) electrons. The van der Waals surface area contributed by atoms with Gasteiger partial charge in [-0.2, -0.15) is 4.57 Å². The molecule has 0 bridgehead atoms. The maximum atomic E-state index is 13.1. The van der Waals surface area contributed by atoms with E-state index in [2.05, 4.69) is 12.2 Å². The van der Waals surface area contributed by atoms with Gasteiger partial charge >= 0.3 is 0 Å². The number of benzene rings is 1. The second-order valence-corrected chi connectivity index (χ2v) is 5.97. The number of hydrogen-bond donors (Lipinski definition) is 2. The molecule has 1 aromatic carbocycles. The number of rotatable bonds is 7. The summed E-state index contributed by atoms with van der Waals surface area (Å²) in [5.74, 6) is -0.0660. The third-order valence-corrected chi connectivity index (χ3v) is 4.23.